The van der Waals surface area contributed by atoms with Crippen LogP contribution in [0.3, 0.4) is 0 Å². The molecule has 0 aliphatic heterocycles. The first-order valence-corrected chi connectivity index (χ1v) is 7.35. The molecule has 23 heavy (non-hydrogen) atoms. The van der Waals surface area contributed by atoms with E-state index >= 15 is 0 Å². The smallest absolute Gasteiger partial charge is 0.332 e. The van der Waals surface area contributed by atoms with E-state index in [-0.39, 0.29) is 6.54 Å². The second kappa shape index (κ2) is 5.85. The molecule has 120 valence electrons. The molecule has 1 unspecified atom stereocenters. The maximum absolute atomic E-state index is 12.7. The predicted octanol–water partition coefficient (Wildman–Crippen LogP) is 0.326. The van der Waals surface area contributed by atoms with E-state index in [2.05, 4.69) is 4.98 Å². The van der Waals surface area contributed by atoms with Crippen molar-refractivity contribution in [1.29, 1.82) is 0 Å². The second-order valence-corrected chi connectivity index (χ2v) is 5.64. The molecule has 0 aliphatic carbocycles. The monoisotopic (exact) mass is 314 g/mol. The molecule has 3 rings (SSSR count). The standard InChI is InChI=1S/C16H18N4O3/c1-11(21)8-20-15(22)13-14(18(2)16(20)23)17-10-19(13)9-12-6-4-3-5-7-12/h3-7,10-11,21H,8-9H2,1-2H3. The van der Waals surface area contributed by atoms with Crippen LogP contribution in [0, 0.1) is 0 Å². The highest BCUT2D eigenvalue weighted by atomic mass is 16.3. The van der Waals surface area contributed by atoms with E-state index in [9.17, 15) is 14.7 Å². The van der Waals surface area contributed by atoms with Crippen molar-refractivity contribution in [2.45, 2.75) is 26.1 Å². The number of imidazole rings is 1. The molecule has 0 saturated carbocycles. The highest BCUT2D eigenvalue weighted by Gasteiger charge is 2.17. The van der Waals surface area contributed by atoms with Crippen molar-refractivity contribution in [3.63, 3.8) is 0 Å². The maximum atomic E-state index is 12.7. The normalized spacial score (nSPS) is 12.7. The number of nitrogens with zero attached hydrogens (tertiary/aromatic N) is 4. The van der Waals surface area contributed by atoms with Gasteiger partial charge in [-0.2, -0.15) is 0 Å². The summed E-state index contributed by atoms with van der Waals surface area (Å²) in [5, 5.41) is 9.54. The quantitative estimate of drug-likeness (QED) is 0.752. The minimum atomic E-state index is -0.789. The molecule has 1 aromatic carbocycles. The highest BCUT2D eigenvalue weighted by molar-refractivity contribution is 5.70. The SMILES string of the molecule is CC(O)Cn1c(=O)c2c(ncn2Cc2ccccc2)n(C)c1=O. The van der Waals surface area contributed by atoms with Crippen LogP contribution in [-0.4, -0.2) is 29.9 Å². The van der Waals surface area contributed by atoms with Gasteiger partial charge in [-0.05, 0) is 12.5 Å². The third-order valence-corrected chi connectivity index (χ3v) is 3.74. The van der Waals surface area contributed by atoms with Gasteiger partial charge in [-0.15, -0.1) is 0 Å². The van der Waals surface area contributed by atoms with Crippen molar-refractivity contribution in [2.75, 3.05) is 0 Å². The summed E-state index contributed by atoms with van der Waals surface area (Å²) in [4.78, 5) is 29.2. The van der Waals surface area contributed by atoms with Crippen LogP contribution >= 0.6 is 0 Å². The van der Waals surface area contributed by atoms with Gasteiger partial charge in [-0.1, -0.05) is 30.3 Å². The van der Waals surface area contributed by atoms with Crippen LogP contribution in [0.4, 0.5) is 0 Å². The number of benzene rings is 1. The van der Waals surface area contributed by atoms with Gasteiger partial charge in [0.1, 0.15) is 0 Å². The summed E-state index contributed by atoms with van der Waals surface area (Å²) in [5.74, 6) is 0. The van der Waals surface area contributed by atoms with Gasteiger partial charge in [0.25, 0.3) is 5.56 Å². The molecule has 0 aliphatic rings. The molecule has 3 aromatic rings. The Bertz CT molecular complexity index is 951. The molecule has 2 heterocycles. The minimum absolute atomic E-state index is 0.0437. The molecular weight excluding hydrogens is 296 g/mol. The zero-order valence-corrected chi connectivity index (χ0v) is 13.0. The summed E-state index contributed by atoms with van der Waals surface area (Å²) < 4.78 is 4.11. The number of aryl methyl sites for hydroxylation is 1. The zero-order chi connectivity index (χ0) is 16.6. The Morgan fingerprint density at radius 1 is 1.22 bits per heavy atom. The molecule has 0 fully saturated rings. The van der Waals surface area contributed by atoms with Crippen LogP contribution < -0.4 is 11.2 Å². The number of aliphatic hydroxyl groups excluding tert-OH is 1. The first kappa shape index (κ1) is 15.2. The molecule has 7 heteroatoms. The van der Waals surface area contributed by atoms with Gasteiger partial charge >= 0.3 is 5.69 Å². The molecule has 7 nitrogen and oxygen atoms in total. The van der Waals surface area contributed by atoms with Gasteiger partial charge in [0.15, 0.2) is 11.2 Å². The molecule has 0 saturated heterocycles. The lowest BCUT2D eigenvalue weighted by Crippen LogP contribution is -2.41. The average Bonchev–Trinajstić information content (AvgIpc) is 2.94. The lowest BCUT2D eigenvalue weighted by molar-refractivity contribution is 0.170. The van der Waals surface area contributed by atoms with Crippen LogP contribution in [0.1, 0.15) is 12.5 Å². The van der Waals surface area contributed by atoms with E-state index < -0.39 is 17.4 Å². The number of rotatable bonds is 4. The van der Waals surface area contributed by atoms with Crippen molar-refractivity contribution in [1.82, 2.24) is 18.7 Å². The van der Waals surface area contributed by atoms with Crippen molar-refractivity contribution < 1.29 is 5.11 Å². The third-order valence-electron chi connectivity index (χ3n) is 3.74. The Morgan fingerprint density at radius 3 is 2.57 bits per heavy atom. The minimum Gasteiger partial charge on any atom is -0.392 e. The van der Waals surface area contributed by atoms with Crippen molar-refractivity contribution in [2.24, 2.45) is 7.05 Å². The summed E-state index contributed by atoms with van der Waals surface area (Å²) in [6.45, 7) is 1.98. The van der Waals surface area contributed by atoms with E-state index in [1.165, 1.54) is 11.5 Å². The molecule has 1 N–H and O–H groups in total. The van der Waals surface area contributed by atoms with Crippen molar-refractivity contribution >= 4 is 11.2 Å². The van der Waals surface area contributed by atoms with Crippen LogP contribution in [0.25, 0.3) is 11.2 Å². The Hall–Kier alpha value is -2.67. The number of hydrogen-bond donors (Lipinski definition) is 1. The van der Waals surface area contributed by atoms with Crippen LogP contribution in [0.2, 0.25) is 0 Å². The molecule has 0 spiro atoms. The summed E-state index contributed by atoms with van der Waals surface area (Å²) in [5.41, 5.74) is 0.822. The predicted molar refractivity (Wildman–Crippen MR) is 86.5 cm³/mol. The maximum Gasteiger partial charge on any atom is 0.332 e. The fraction of sp³-hybridized carbons (Fsp3) is 0.312. The van der Waals surface area contributed by atoms with Gasteiger partial charge in [-0.25, -0.2) is 9.78 Å². The largest absolute Gasteiger partial charge is 0.392 e. The van der Waals surface area contributed by atoms with E-state index in [1.54, 1.807) is 17.9 Å². The summed E-state index contributed by atoms with van der Waals surface area (Å²) in [6.07, 6.45) is 0.772. The number of fused-ring (bicyclic) bond motifs is 1. The number of aliphatic hydroxyl groups is 1. The van der Waals surface area contributed by atoms with Gasteiger partial charge in [0.2, 0.25) is 0 Å². The van der Waals surface area contributed by atoms with Crippen LogP contribution in [0.5, 0.6) is 0 Å². The van der Waals surface area contributed by atoms with Gasteiger partial charge in [-0.3, -0.25) is 13.9 Å². The summed E-state index contributed by atoms with van der Waals surface area (Å²) in [7, 11) is 1.57. The lowest BCUT2D eigenvalue weighted by atomic mass is 10.2. The molecular formula is C16H18N4O3. The zero-order valence-electron chi connectivity index (χ0n) is 13.0. The van der Waals surface area contributed by atoms with Crippen LogP contribution in [0.15, 0.2) is 46.2 Å². The van der Waals surface area contributed by atoms with Crippen molar-refractivity contribution in [3.05, 3.63) is 63.1 Å². The molecule has 0 bridgehead atoms. The second-order valence-electron chi connectivity index (χ2n) is 5.64. The number of aromatic nitrogens is 4. The summed E-state index contributed by atoms with van der Waals surface area (Å²) in [6, 6.07) is 9.70. The van der Waals surface area contributed by atoms with Gasteiger partial charge < -0.3 is 9.67 Å². The van der Waals surface area contributed by atoms with Gasteiger partial charge in [0, 0.05) is 13.6 Å². The Morgan fingerprint density at radius 2 is 1.91 bits per heavy atom. The van der Waals surface area contributed by atoms with E-state index in [1.807, 2.05) is 30.3 Å². The van der Waals surface area contributed by atoms with Gasteiger partial charge in [0.05, 0.1) is 19.0 Å². The first-order valence-electron chi connectivity index (χ1n) is 7.35. The van der Waals surface area contributed by atoms with E-state index in [0.29, 0.717) is 17.7 Å². The summed E-state index contributed by atoms with van der Waals surface area (Å²) >= 11 is 0. The molecule has 0 amide bonds. The van der Waals surface area contributed by atoms with E-state index in [0.717, 1.165) is 10.1 Å². The number of hydrogen-bond acceptors (Lipinski definition) is 4. The lowest BCUT2D eigenvalue weighted by Gasteiger charge is -2.11. The first-order chi connectivity index (χ1) is 11.0. The van der Waals surface area contributed by atoms with E-state index in [4.69, 9.17) is 0 Å². The average molecular weight is 314 g/mol. The third kappa shape index (κ3) is 2.70. The molecule has 1 atom stereocenters. The Balaban J connectivity index is 2.20. The Labute approximate surface area is 132 Å². The Kier molecular flexibility index (Phi) is 3.87. The topological polar surface area (TPSA) is 82.1 Å². The fourth-order valence-corrected chi connectivity index (χ4v) is 2.65. The molecule has 0 radical (unpaired) electrons. The highest BCUT2D eigenvalue weighted by Crippen LogP contribution is 2.09. The molecule has 2 aromatic heterocycles. The fourth-order valence-electron chi connectivity index (χ4n) is 2.65. The van der Waals surface area contributed by atoms with Crippen molar-refractivity contribution in [3.8, 4) is 0 Å². The van der Waals surface area contributed by atoms with Crippen LogP contribution in [-0.2, 0) is 20.1 Å².